The molecule has 0 bridgehead atoms. The van der Waals surface area contributed by atoms with Crippen molar-refractivity contribution in [1.82, 2.24) is 15.5 Å². The van der Waals surface area contributed by atoms with Crippen LogP contribution in [-0.2, 0) is 53.9 Å². The Bertz CT molecular complexity index is 1010. The highest BCUT2D eigenvalue weighted by molar-refractivity contribution is 5.87. The lowest BCUT2D eigenvalue weighted by atomic mass is 10.0. The van der Waals surface area contributed by atoms with Crippen LogP contribution in [0.5, 0.6) is 0 Å². The van der Waals surface area contributed by atoms with Gasteiger partial charge < -0.3 is 48.5 Å². The van der Waals surface area contributed by atoms with Crippen molar-refractivity contribution >= 4 is 11.8 Å². The smallest absolute Gasteiger partial charge is 0.243 e. The van der Waals surface area contributed by atoms with E-state index in [1.54, 1.807) is 14.2 Å². The van der Waals surface area contributed by atoms with Crippen LogP contribution in [0.3, 0.4) is 0 Å². The molecule has 0 heterocycles. The van der Waals surface area contributed by atoms with Crippen molar-refractivity contribution in [1.29, 1.82) is 0 Å². The summed E-state index contributed by atoms with van der Waals surface area (Å²) >= 11 is 0. The van der Waals surface area contributed by atoms with Gasteiger partial charge in [0.2, 0.25) is 11.8 Å². The van der Waals surface area contributed by atoms with Crippen LogP contribution in [0.25, 0.3) is 0 Å². The highest BCUT2D eigenvalue weighted by Crippen LogP contribution is 2.13. The first-order valence-electron chi connectivity index (χ1n) is 22.4. The Kier molecular flexibility index (Phi) is 39.8. The monoisotopic (exact) mass is 826 g/mol. The summed E-state index contributed by atoms with van der Waals surface area (Å²) in [7, 11) is 3.30. The van der Waals surface area contributed by atoms with E-state index >= 15 is 0 Å². The zero-order valence-electron chi connectivity index (χ0n) is 36.8. The lowest BCUT2D eigenvalue weighted by Gasteiger charge is -2.22. The molecule has 0 saturated carbocycles. The van der Waals surface area contributed by atoms with Crippen molar-refractivity contribution in [2.75, 3.05) is 133 Å². The topological polar surface area (TPSA) is 135 Å². The van der Waals surface area contributed by atoms with E-state index in [1.807, 2.05) is 30.3 Å². The second kappa shape index (κ2) is 42.9. The third-order valence-electron chi connectivity index (χ3n) is 9.62. The number of amides is 2. The molecule has 338 valence electrons. The lowest BCUT2D eigenvalue weighted by molar-refractivity contribution is -0.129. The number of hydrogen-bond acceptors (Lipinski definition) is 11. The van der Waals surface area contributed by atoms with Gasteiger partial charge in [0.1, 0.15) is 6.04 Å². The fourth-order valence-corrected chi connectivity index (χ4v) is 6.17. The Balaban J connectivity index is 2.28. The Morgan fingerprint density at radius 1 is 0.534 bits per heavy atom. The molecule has 13 heteroatoms. The minimum absolute atomic E-state index is 0.0715. The van der Waals surface area contributed by atoms with E-state index in [1.165, 1.54) is 64.2 Å². The molecule has 1 aromatic carbocycles. The van der Waals surface area contributed by atoms with E-state index in [2.05, 4.69) is 22.5 Å². The fourth-order valence-electron chi connectivity index (χ4n) is 6.17. The molecule has 0 saturated heterocycles. The van der Waals surface area contributed by atoms with E-state index in [9.17, 15) is 9.59 Å². The molecule has 0 unspecified atom stereocenters. The quantitative estimate of drug-likeness (QED) is 0.0750. The molecule has 2 N–H and O–H groups in total. The van der Waals surface area contributed by atoms with Crippen molar-refractivity contribution in [3.8, 4) is 0 Å². The van der Waals surface area contributed by atoms with Gasteiger partial charge >= 0.3 is 0 Å². The molecule has 0 aliphatic carbocycles. The summed E-state index contributed by atoms with van der Waals surface area (Å²) in [6, 6.07) is 9.17. The van der Waals surface area contributed by atoms with E-state index in [-0.39, 0.29) is 11.8 Å². The molecule has 0 aliphatic heterocycles. The lowest BCUT2D eigenvalue weighted by Crippen LogP contribution is -2.48. The van der Waals surface area contributed by atoms with E-state index in [0.29, 0.717) is 112 Å². The predicted octanol–water partition coefficient (Wildman–Crippen LogP) is 6.01. The van der Waals surface area contributed by atoms with Gasteiger partial charge in [-0.1, -0.05) is 114 Å². The first kappa shape index (κ1) is 53.8. The highest BCUT2D eigenvalue weighted by atomic mass is 16.5. The van der Waals surface area contributed by atoms with Gasteiger partial charge in [-0.2, -0.15) is 0 Å². The van der Waals surface area contributed by atoms with Crippen LogP contribution in [0.4, 0.5) is 0 Å². The number of carbonyl (C=O) groups excluding carboxylic acids is 2. The standard InChI is InChI=1S/C45H83N3O10/c1-4-5-6-7-8-9-10-11-12-13-14-15-19-22-44(49)47-43(41-42-20-17-16-18-21-42)45(50)46-23-27-53-35-36-54-28-24-48(25-29-55-37-39-57-33-31-51-2)26-30-56-38-40-58-34-32-52-3/h16-18,20-21,43H,4-15,19,22-41H2,1-3H3,(H,46,50)(H,47,49)/t43-/m0/s1. The minimum atomic E-state index is -0.637. The first-order valence-corrected chi connectivity index (χ1v) is 22.4. The number of rotatable bonds is 45. The molecule has 0 fully saturated rings. The molecule has 1 rings (SSSR count). The number of hydrogen-bond donors (Lipinski definition) is 2. The molecule has 0 spiro atoms. The Morgan fingerprint density at radius 2 is 0.948 bits per heavy atom. The van der Waals surface area contributed by atoms with Gasteiger partial charge in [0.05, 0.1) is 92.5 Å². The van der Waals surface area contributed by atoms with Gasteiger partial charge in [-0.3, -0.25) is 14.5 Å². The normalized spacial score (nSPS) is 12.0. The van der Waals surface area contributed by atoms with Crippen LogP contribution in [0.15, 0.2) is 30.3 Å². The number of nitrogens with one attached hydrogen (secondary N) is 2. The van der Waals surface area contributed by atoms with Gasteiger partial charge in [0, 0.05) is 53.2 Å². The largest absolute Gasteiger partial charge is 0.382 e. The Hall–Kier alpha value is -2.20. The molecule has 0 aliphatic rings. The van der Waals surface area contributed by atoms with Gasteiger partial charge in [0.25, 0.3) is 0 Å². The number of ether oxygens (including phenoxy) is 8. The molecule has 58 heavy (non-hydrogen) atoms. The van der Waals surface area contributed by atoms with Crippen molar-refractivity contribution in [3.63, 3.8) is 0 Å². The van der Waals surface area contributed by atoms with Crippen molar-refractivity contribution < 1.29 is 47.5 Å². The number of methoxy groups -OCH3 is 2. The van der Waals surface area contributed by atoms with Crippen LogP contribution in [-0.4, -0.2) is 156 Å². The van der Waals surface area contributed by atoms with Crippen LogP contribution in [0.1, 0.15) is 102 Å². The summed E-state index contributed by atoms with van der Waals surface area (Å²) in [4.78, 5) is 28.3. The zero-order valence-corrected chi connectivity index (χ0v) is 36.8. The van der Waals surface area contributed by atoms with Crippen LogP contribution in [0, 0.1) is 0 Å². The maximum Gasteiger partial charge on any atom is 0.243 e. The minimum Gasteiger partial charge on any atom is -0.382 e. The summed E-state index contributed by atoms with van der Waals surface area (Å²) in [5, 5.41) is 5.95. The summed E-state index contributed by atoms with van der Waals surface area (Å²) in [5.41, 5.74) is 1.00. The van der Waals surface area contributed by atoms with Crippen molar-refractivity contribution in [2.45, 2.75) is 109 Å². The van der Waals surface area contributed by atoms with Gasteiger partial charge in [-0.25, -0.2) is 0 Å². The fraction of sp³-hybridized carbons (Fsp3) is 0.822. The third-order valence-corrected chi connectivity index (χ3v) is 9.62. The molecule has 1 atom stereocenters. The molecule has 2 amide bonds. The van der Waals surface area contributed by atoms with Crippen molar-refractivity contribution in [2.24, 2.45) is 0 Å². The number of nitrogens with zero attached hydrogens (tertiary/aromatic N) is 1. The molecule has 0 radical (unpaired) electrons. The maximum absolute atomic E-state index is 13.2. The van der Waals surface area contributed by atoms with Crippen molar-refractivity contribution in [3.05, 3.63) is 35.9 Å². The number of carbonyl (C=O) groups is 2. The average Bonchev–Trinajstić information content (AvgIpc) is 3.23. The summed E-state index contributed by atoms with van der Waals surface area (Å²) in [5.74, 6) is -0.273. The molecule has 1 aromatic rings. The highest BCUT2D eigenvalue weighted by Gasteiger charge is 2.21. The number of benzene rings is 1. The second-order valence-electron chi connectivity index (χ2n) is 14.6. The van der Waals surface area contributed by atoms with Crippen LogP contribution in [0.2, 0.25) is 0 Å². The summed E-state index contributed by atoms with van der Waals surface area (Å²) in [6.45, 7) is 12.1. The first-order chi connectivity index (χ1) is 28.6. The second-order valence-corrected chi connectivity index (χ2v) is 14.6. The van der Waals surface area contributed by atoms with Crippen LogP contribution >= 0.6 is 0 Å². The van der Waals surface area contributed by atoms with E-state index < -0.39 is 6.04 Å². The molecular weight excluding hydrogens is 743 g/mol. The van der Waals surface area contributed by atoms with E-state index in [0.717, 1.165) is 44.5 Å². The van der Waals surface area contributed by atoms with E-state index in [4.69, 9.17) is 37.9 Å². The summed E-state index contributed by atoms with van der Waals surface area (Å²) < 4.78 is 44.0. The third kappa shape index (κ3) is 35.7. The van der Waals surface area contributed by atoms with Gasteiger partial charge in [0.15, 0.2) is 0 Å². The molecule has 13 nitrogen and oxygen atoms in total. The Morgan fingerprint density at radius 3 is 1.41 bits per heavy atom. The maximum atomic E-state index is 13.2. The van der Waals surface area contributed by atoms with Gasteiger partial charge in [-0.05, 0) is 12.0 Å². The molecular formula is C45H83N3O10. The predicted molar refractivity (Wildman–Crippen MR) is 231 cm³/mol. The zero-order chi connectivity index (χ0) is 41.8. The molecule has 0 aromatic heterocycles. The van der Waals surface area contributed by atoms with Crippen LogP contribution < -0.4 is 10.6 Å². The summed E-state index contributed by atoms with van der Waals surface area (Å²) in [6.07, 6.45) is 17.3. The SMILES string of the molecule is CCCCCCCCCCCCCCCC(=O)N[C@@H](Cc1ccccc1)C(=O)NCCOCCOCCN(CCOCCOCCOC)CCOCCOCCOC. The Labute approximate surface area is 352 Å². The number of unbranched alkanes of at least 4 members (excludes halogenated alkanes) is 12. The van der Waals surface area contributed by atoms with Gasteiger partial charge in [-0.15, -0.1) is 0 Å². The average molecular weight is 826 g/mol.